The average Bonchev–Trinajstić information content (AvgIpc) is 2.68. The van der Waals surface area contributed by atoms with Gasteiger partial charge in [0, 0.05) is 28.8 Å². The summed E-state index contributed by atoms with van der Waals surface area (Å²) in [5.74, 6) is 0.0923. The Kier molecular flexibility index (Phi) is 4.11. The third-order valence-electron chi connectivity index (χ3n) is 4.05. The number of anilines is 1. The maximum Gasteiger partial charge on any atom is 0.160 e. The number of fused-ring (bicyclic) bond motifs is 1. The smallest absolute Gasteiger partial charge is 0.160 e. The van der Waals surface area contributed by atoms with Crippen molar-refractivity contribution in [2.75, 3.05) is 11.4 Å². The quantitative estimate of drug-likeness (QED) is 0.742. The lowest BCUT2D eigenvalue weighted by molar-refractivity contribution is 0.101. The molecule has 2 nitrogen and oxygen atoms in total. The van der Waals surface area contributed by atoms with Crippen molar-refractivity contribution in [2.45, 2.75) is 26.3 Å². The minimum atomic E-state index is 0.0923. The van der Waals surface area contributed by atoms with Gasteiger partial charge in [-0.1, -0.05) is 24.3 Å². The molecular weight excluding hydrogens is 326 g/mol. The van der Waals surface area contributed by atoms with Crippen LogP contribution in [0.1, 0.15) is 34.8 Å². The first-order chi connectivity index (χ1) is 10.1. The summed E-state index contributed by atoms with van der Waals surface area (Å²) in [6.07, 6.45) is 2.29. The number of halogens is 1. The van der Waals surface area contributed by atoms with Crippen LogP contribution in [0.5, 0.6) is 0 Å². The van der Waals surface area contributed by atoms with E-state index in [0.717, 1.165) is 36.0 Å². The Morgan fingerprint density at radius 1 is 1.14 bits per heavy atom. The maximum atomic E-state index is 11.5. The summed E-state index contributed by atoms with van der Waals surface area (Å²) in [5, 5.41) is 0. The first kappa shape index (κ1) is 14.3. The average molecular weight is 344 g/mol. The number of carbonyl (C=O) groups excluding carboxylic acids is 1. The van der Waals surface area contributed by atoms with Gasteiger partial charge in [0.15, 0.2) is 5.78 Å². The van der Waals surface area contributed by atoms with Gasteiger partial charge in [-0.2, -0.15) is 0 Å². The molecule has 0 atom stereocenters. The second kappa shape index (κ2) is 6.02. The van der Waals surface area contributed by atoms with Crippen molar-refractivity contribution >= 4 is 27.4 Å². The highest BCUT2D eigenvalue weighted by atomic mass is 79.9. The van der Waals surface area contributed by atoms with Crippen LogP contribution in [0.2, 0.25) is 0 Å². The van der Waals surface area contributed by atoms with Crippen molar-refractivity contribution in [2.24, 2.45) is 0 Å². The van der Waals surface area contributed by atoms with Gasteiger partial charge in [0.1, 0.15) is 0 Å². The van der Waals surface area contributed by atoms with Crippen LogP contribution in [0.4, 0.5) is 5.69 Å². The van der Waals surface area contributed by atoms with Gasteiger partial charge in [-0.15, -0.1) is 0 Å². The van der Waals surface area contributed by atoms with Crippen LogP contribution in [0, 0.1) is 0 Å². The monoisotopic (exact) mass is 343 g/mol. The Balaban J connectivity index is 1.91. The number of carbonyl (C=O) groups is 1. The number of rotatable bonds is 2. The van der Waals surface area contributed by atoms with E-state index in [1.54, 1.807) is 6.92 Å². The van der Waals surface area contributed by atoms with Crippen molar-refractivity contribution in [3.8, 4) is 0 Å². The van der Waals surface area contributed by atoms with E-state index < -0.39 is 0 Å². The fraction of sp³-hybridized carbons (Fsp3) is 0.278. The largest absolute Gasteiger partial charge is 0.367 e. The summed E-state index contributed by atoms with van der Waals surface area (Å²) in [6.45, 7) is 3.57. The normalized spacial score (nSPS) is 14.5. The van der Waals surface area contributed by atoms with E-state index >= 15 is 0 Å². The summed E-state index contributed by atoms with van der Waals surface area (Å²) in [4.78, 5) is 13.9. The summed E-state index contributed by atoms with van der Waals surface area (Å²) in [6, 6.07) is 14.7. The van der Waals surface area contributed by atoms with Gasteiger partial charge in [-0.05, 0) is 65.0 Å². The molecule has 0 N–H and O–H groups in total. The highest BCUT2D eigenvalue weighted by molar-refractivity contribution is 9.10. The van der Waals surface area contributed by atoms with Gasteiger partial charge in [-0.25, -0.2) is 0 Å². The van der Waals surface area contributed by atoms with Crippen LogP contribution in [0.25, 0.3) is 0 Å². The number of ketones is 1. The topological polar surface area (TPSA) is 20.3 Å². The van der Waals surface area contributed by atoms with Crippen molar-refractivity contribution in [3.05, 3.63) is 63.6 Å². The molecule has 2 aromatic rings. The molecule has 1 heterocycles. The standard InChI is InChI=1S/C18H18BrNO/c1-13(21)17-9-8-16(11-18(17)19)20-10-4-7-14-5-2-3-6-15(14)12-20/h2-3,5-6,8-9,11H,4,7,10,12H2,1H3. The van der Waals surface area contributed by atoms with Gasteiger partial charge < -0.3 is 4.90 Å². The Labute approximate surface area is 133 Å². The van der Waals surface area contributed by atoms with E-state index in [2.05, 4.69) is 57.2 Å². The molecule has 108 valence electrons. The highest BCUT2D eigenvalue weighted by Crippen LogP contribution is 2.28. The molecule has 3 rings (SSSR count). The Morgan fingerprint density at radius 2 is 1.90 bits per heavy atom. The molecule has 0 bridgehead atoms. The summed E-state index contributed by atoms with van der Waals surface area (Å²) >= 11 is 3.52. The summed E-state index contributed by atoms with van der Waals surface area (Å²) < 4.78 is 0.880. The van der Waals surface area contributed by atoms with E-state index in [4.69, 9.17) is 0 Å². The van der Waals surface area contributed by atoms with Crippen LogP contribution < -0.4 is 4.90 Å². The van der Waals surface area contributed by atoms with Gasteiger partial charge in [0.05, 0.1) is 0 Å². The van der Waals surface area contributed by atoms with Crippen LogP contribution in [0.3, 0.4) is 0 Å². The molecule has 0 radical (unpaired) electrons. The fourth-order valence-electron chi connectivity index (χ4n) is 2.91. The van der Waals surface area contributed by atoms with Gasteiger partial charge >= 0.3 is 0 Å². The molecule has 21 heavy (non-hydrogen) atoms. The predicted molar refractivity (Wildman–Crippen MR) is 90.0 cm³/mol. The van der Waals surface area contributed by atoms with Crippen molar-refractivity contribution in [1.82, 2.24) is 0 Å². The molecule has 0 unspecified atom stereocenters. The number of Topliss-reactive ketones (excluding diaryl/α,β-unsaturated/α-hetero) is 1. The van der Waals surface area contributed by atoms with E-state index in [-0.39, 0.29) is 5.78 Å². The van der Waals surface area contributed by atoms with Crippen LogP contribution >= 0.6 is 15.9 Å². The number of nitrogens with zero attached hydrogens (tertiary/aromatic N) is 1. The fourth-order valence-corrected chi connectivity index (χ4v) is 3.55. The van der Waals surface area contributed by atoms with Crippen LogP contribution in [0.15, 0.2) is 46.9 Å². The molecule has 0 aromatic heterocycles. The second-order valence-electron chi connectivity index (χ2n) is 5.51. The van der Waals surface area contributed by atoms with E-state index in [1.807, 2.05) is 6.07 Å². The minimum Gasteiger partial charge on any atom is -0.367 e. The van der Waals surface area contributed by atoms with Gasteiger partial charge in [0.25, 0.3) is 0 Å². The lowest BCUT2D eigenvalue weighted by Gasteiger charge is -2.24. The molecule has 1 aliphatic heterocycles. The van der Waals surface area contributed by atoms with Crippen molar-refractivity contribution in [3.63, 3.8) is 0 Å². The number of hydrogen-bond donors (Lipinski definition) is 0. The third-order valence-corrected chi connectivity index (χ3v) is 4.71. The molecule has 3 heteroatoms. The van der Waals surface area contributed by atoms with Crippen molar-refractivity contribution in [1.29, 1.82) is 0 Å². The molecule has 0 saturated heterocycles. The zero-order valence-electron chi connectivity index (χ0n) is 12.1. The van der Waals surface area contributed by atoms with Crippen LogP contribution in [-0.4, -0.2) is 12.3 Å². The molecule has 0 amide bonds. The Bertz CT molecular complexity index is 681. The summed E-state index contributed by atoms with van der Waals surface area (Å²) in [7, 11) is 0. The molecule has 0 aliphatic carbocycles. The Morgan fingerprint density at radius 3 is 2.62 bits per heavy atom. The number of hydrogen-bond acceptors (Lipinski definition) is 2. The first-order valence-electron chi connectivity index (χ1n) is 7.27. The van der Waals surface area contributed by atoms with E-state index in [1.165, 1.54) is 16.8 Å². The van der Waals surface area contributed by atoms with Crippen LogP contribution in [-0.2, 0) is 13.0 Å². The molecule has 2 aromatic carbocycles. The SMILES string of the molecule is CC(=O)c1ccc(N2CCCc3ccccc3C2)cc1Br. The zero-order chi connectivity index (χ0) is 14.8. The Hall–Kier alpha value is -1.61. The molecule has 0 spiro atoms. The summed E-state index contributed by atoms with van der Waals surface area (Å²) in [5.41, 5.74) is 4.78. The zero-order valence-corrected chi connectivity index (χ0v) is 13.7. The highest BCUT2D eigenvalue weighted by Gasteiger charge is 2.15. The van der Waals surface area contributed by atoms with Gasteiger partial charge in [-0.3, -0.25) is 4.79 Å². The molecular formula is C18H18BrNO. The number of aryl methyl sites for hydroxylation is 1. The van der Waals surface area contributed by atoms with E-state index in [9.17, 15) is 4.79 Å². The lowest BCUT2D eigenvalue weighted by Crippen LogP contribution is -2.22. The maximum absolute atomic E-state index is 11.5. The second-order valence-corrected chi connectivity index (χ2v) is 6.37. The number of benzene rings is 2. The minimum absolute atomic E-state index is 0.0923. The first-order valence-corrected chi connectivity index (χ1v) is 8.06. The van der Waals surface area contributed by atoms with E-state index in [0.29, 0.717) is 0 Å². The molecule has 0 saturated carbocycles. The lowest BCUT2D eigenvalue weighted by atomic mass is 10.0. The molecule has 0 fully saturated rings. The van der Waals surface area contributed by atoms with Gasteiger partial charge in [0.2, 0.25) is 0 Å². The predicted octanol–water partition coefficient (Wildman–Crippen LogP) is 4.60. The third kappa shape index (κ3) is 3.03. The van der Waals surface area contributed by atoms with Crippen molar-refractivity contribution < 1.29 is 4.79 Å². The molecule has 1 aliphatic rings.